The molecule has 0 saturated carbocycles. The zero-order chi connectivity index (χ0) is 9.14. The van der Waals surface area contributed by atoms with Crippen molar-refractivity contribution >= 4 is 22.2 Å². The van der Waals surface area contributed by atoms with Crippen LogP contribution in [0.5, 0.6) is 11.5 Å². The Kier molecular flexibility index (Phi) is 2.70. The van der Waals surface area contributed by atoms with Gasteiger partial charge in [-0.1, -0.05) is 22.0 Å². The zero-order valence-electron chi connectivity index (χ0n) is 6.07. The van der Waals surface area contributed by atoms with Gasteiger partial charge in [0.1, 0.15) is 6.29 Å². The van der Waals surface area contributed by atoms with E-state index in [4.69, 9.17) is 10.2 Å². The first-order valence-electron chi connectivity index (χ1n) is 3.26. The van der Waals surface area contributed by atoms with Crippen molar-refractivity contribution in [3.8, 4) is 11.5 Å². The van der Waals surface area contributed by atoms with Crippen molar-refractivity contribution in [1.82, 2.24) is 0 Å². The van der Waals surface area contributed by atoms with E-state index in [1.165, 1.54) is 12.1 Å². The number of alkyl halides is 1. The maximum atomic E-state index is 10.3. The van der Waals surface area contributed by atoms with Gasteiger partial charge in [-0.15, -0.1) is 0 Å². The van der Waals surface area contributed by atoms with Crippen LogP contribution in [0.15, 0.2) is 18.2 Å². The number of rotatable bonds is 2. The van der Waals surface area contributed by atoms with E-state index in [2.05, 4.69) is 15.9 Å². The lowest BCUT2D eigenvalue weighted by Gasteiger charge is -2.03. The van der Waals surface area contributed by atoms with Crippen molar-refractivity contribution in [3.63, 3.8) is 0 Å². The van der Waals surface area contributed by atoms with Gasteiger partial charge in [0.2, 0.25) is 0 Å². The first kappa shape index (κ1) is 9.06. The molecule has 12 heavy (non-hydrogen) atoms. The molecule has 1 aromatic rings. The molecule has 1 aromatic carbocycles. The summed E-state index contributed by atoms with van der Waals surface area (Å²) < 4.78 is 0. The van der Waals surface area contributed by atoms with Gasteiger partial charge in [0.05, 0.1) is 4.83 Å². The number of carbonyl (C=O) groups is 1. The number of hydrogen-bond donors (Lipinski definition) is 2. The SMILES string of the molecule is O=CC(Br)c1ccc(O)c(O)c1. The lowest BCUT2D eigenvalue weighted by atomic mass is 10.1. The Bertz CT molecular complexity index is 298. The Morgan fingerprint density at radius 1 is 1.33 bits per heavy atom. The third-order valence-corrected chi connectivity index (χ3v) is 2.18. The molecule has 0 heterocycles. The quantitative estimate of drug-likeness (QED) is 0.463. The van der Waals surface area contributed by atoms with E-state index in [-0.39, 0.29) is 11.5 Å². The smallest absolute Gasteiger partial charge is 0.157 e. The van der Waals surface area contributed by atoms with Crippen LogP contribution in [0, 0.1) is 0 Å². The van der Waals surface area contributed by atoms with Gasteiger partial charge >= 0.3 is 0 Å². The van der Waals surface area contributed by atoms with Crippen molar-refractivity contribution in [2.45, 2.75) is 4.83 Å². The third-order valence-electron chi connectivity index (χ3n) is 1.44. The summed E-state index contributed by atoms with van der Waals surface area (Å²) >= 11 is 3.08. The largest absolute Gasteiger partial charge is 0.504 e. The Balaban J connectivity index is 3.04. The molecule has 4 heteroatoms. The van der Waals surface area contributed by atoms with Crippen LogP contribution in [0.3, 0.4) is 0 Å². The highest BCUT2D eigenvalue weighted by atomic mass is 79.9. The average Bonchev–Trinajstić information content (AvgIpc) is 2.08. The van der Waals surface area contributed by atoms with Crippen LogP contribution in [0.1, 0.15) is 10.4 Å². The van der Waals surface area contributed by atoms with E-state index < -0.39 is 4.83 Å². The fourth-order valence-corrected chi connectivity index (χ4v) is 1.08. The second-order valence-corrected chi connectivity index (χ2v) is 3.27. The number of phenols is 2. The lowest BCUT2D eigenvalue weighted by Crippen LogP contribution is -1.89. The molecule has 1 rings (SSSR count). The molecular formula is C8H7BrO3. The molecular weight excluding hydrogens is 224 g/mol. The Labute approximate surface area is 77.8 Å². The molecule has 0 aromatic heterocycles. The van der Waals surface area contributed by atoms with Crippen LogP contribution in [0.25, 0.3) is 0 Å². The standard InChI is InChI=1S/C8H7BrO3/c9-6(4-10)5-1-2-7(11)8(12)3-5/h1-4,6,11-12H. The summed E-state index contributed by atoms with van der Waals surface area (Å²) in [6.45, 7) is 0. The minimum atomic E-state index is -0.441. The predicted octanol–water partition coefficient (Wildman–Crippen LogP) is 1.73. The highest BCUT2D eigenvalue weighted by Crippen LogP contribution is 2.29. The molecule has 0 spiro atoms. The number of phenolic OH excluding ortho intramolecular Hbond substituents is 2. The Morgan fingerprint density at radius 3 is 2.50 bits per heavy atom. The second kappa shape index (κ2) is 3.58. The molecule has 0 radical (unpaired) electrons. The molecule has 3 nitrogen and oxygen atoms in total. The van der Waals surface area contributed by atoms with Crippen molar-refractivity contribution in [2.24, 2.45) is 0 Å². The minimum absolute atomic E-state index is 0.190. The summed E-state index contributed by atoms with van der Waals surface area (Å²) in [7, 11) is 0. The van der Waals surface area contributed by atoms with Gasteiger partial charge in [0, 0.05) is 0 Å². The average molecular weight is 231 g/mol. The molecule has 2 N–H and O–H groups in total. The first-order valence-corrected chi connectivity index (χ1v) is 4.18. The van der Waals surface area contributed by atoms with Crippen molar-refractivity contribution < 1.29 is 15.0 Å². The van der Waals surface area contributed by atoms with Crippen LogP contribution < -0.4 is 0 Å². The minimum Gasteiger partial charge on any atom is -0.504 e. The maximum absolute atomic E-state index is 10.3. The van der Waals surface area contributed by atoms with Crippen LogP contribution in [-0.4, -0.2) is 16.5 Å². The molecule has 0 bridgehead atoms. The van der Waals surface area contributed by atoms with Crippen molar-refractivity contribution in [2.75, 3.05) is 0 Å². The van der Waals surface area contributed by atoms with Gasteiger partial charge in [0.15, 0.2) is 11.5 Å². The van der Waals surface area contributed by atoms with Gasteiger partial charge < -0.3 is 15.0 Å². The molecule has 1 unspecified atom stereocenters. The fourth-order valence-electron chi connectivity index (χ4n) is 0.791. The van der Waals surface area contributed by atoms with Crippen molar-refractivity contribution in [1.29, 1.82) is 0 Å². The maximum Gasteiger partial charge on any atom is 0.157 e. The molecule has 0 amide bonds. The highest BCUT2D eigenvalue weighted by Gasteiger charge is 2.07. The van der Waals surface area contributed by atoms with Gasteiger partial charge in [-0.3, -0.25) is 0 Å². The molecule has 0 saturated heterocycles. The van der Waals surface area contributed by atoms with Crippen LogP contribution in [0.4, 0.5) is 0 Å². The predicted molar refractivity (Wildman–Crippen MR) is 47.5 cm³/mol. The van der Waals surface area contributed by atoms with Gasteiger partial charge in [0.25, 0.3) is 0 Å². The van der Waals surface area contributed by atoms with E-state index in [0.29, 0.717) is 11.8 Å². The summed E-state index contributed by atoms with van der Waals surface area (Å²) in [5, 5.41) is 18.0. The van der Waals surface area contributed by atoms with Crippen molar-refractivity contribution in [3.05, 3.63) is 23.8 Å². The Morgan fingerprint density at radius 2 is 2.00 bits per heavy atom. The van der Waals surface area contributed by atoms with E-state index >= 15 is 0 Å². The van der Waals surface area contributed by atoms with E-state index in [1.807, 2.05) is 0 Å². The summed E-state index contributed by atoms with van der Waals surface area (Å²) in [4.78, 5) is 9.87. The number of carbonyl (C=O) groups excluding carboxylic acids is 1. The lowest BCUT2D eigenvalue weighted by molar-refractivity contribution is -0.107. The number of aldehydes is 1. The molecule has 1 atom stereocenters. The fraction of sp³-hybridized carbons (Fsp3) is 0.125. The normalized spacial score (nSPS) is 12.4. The summed E-state index contributed by atoms with van der Waals surface area (Å²) in [5.74, 6) is -0.414. The summed E-state index contributed by atoms with van der Waals surface area (Å²) in [6.07, 6.45) is 0.700. The first-order chi connectivity index (χ1) is 5.65. The molecule has 0 aliphatic rings. The van der Waals surface area contributed by atoms with E-state index in [9.17, 15) is 4.79 Å². The molecule has 0 aliphatic carbocycles. The second-order valence-electron chi connectivity index (χ2n) is 2.29. The highest BCUT2D eigenvalue weighted by molar-refractivity contribution is 9.09. The van der Waals surface area contributed by atoms with Crippen LogP contribution in [-0.2, 0) is 4.79 Å². The number of hydrogen-bond acceptors (Lipinski definition) is 3. The van der Waals surface area contributed by atoms with Gasteiger partial charge in [-0.05, 0) is 17.7 Å². The molecule has 0 fully saturated rings. The summed E-state index contributed by atoms with van der Waals surface area (Å²) in [5.41, 5.74) is 0.611. The van der Waals surface area contributed by atoms with Gasteiger partial charge in [-0.2, -0.15) is 0 Å². The number of halogens is 1. The number of benzene rings is 1. The van der Waals surface area contributed by atoms with Crippen LogP contribution >= 0.6 is 15.9 Å². The van der Waals surface area contributed by atoms with E-state index in [1.54, 1.807) is 6.07 Å². The molecule has 0 aliphatic heterocycles. The summed E-state index contributed by atoms with van der Waals surface area (Å²) in [6, 6.07) is 4.23. The topological polar surface area (TPSA) is 57.5 Å². The Hall–Kier alpha value is -1.03. The monoisotopic (exact) mass is 230 g/mol. The van der Waals surface area contributed by atoms with E-state index in [0.717, 1.165) is 0 Å². The zero-order valence-corrected chi connectivity index (χ0v) is 7.65. The third kappa shape index (κ3) is 1.76. The molecule has 64 valence electrons. The number of aromatic hydroxyl groups is 2. The van der Waals surface area contributed by atoms with Gasteiger partial charge in [-0.25, -0.2) is 0 Å². The van der Waals surface area contributed by atoms with Crippen LogP contribution in [0.2, 0.25) is 0 Å².